The molecule has 0 amide bonds. The summed E-state index contributed by atoms with van der Waals surface area (Å²) in [5, 5.41) is 18.9. The summed E-state index contributed by atoms with van der Waals surface area (Å²) in [6.45, 7) is 10.6. The van der Waals surface area contributed by atoms with Crippen LogP contribution in [-0.4, -0.2) is 22.9 Å². The quantitative estimate of drug-likeness (QED) is 0.605. The van der Waals surface area contributed by atoms with E-state index in [2.05, 4.69) is 38.7 Å². The number of aliphatic hydroxyl groups excluding tert-OH is 2. The van der Waals surface area contributed by atoms with Crippen LogP contribution < -0.4 is 0 Å². The molecule has 2 N–H and O–H groups in total. The number of hydrogen-bond donors (Lipinski definition) is 2. The molecular weight excluding hydrogens is 272 g/mol. The molecule has 0 radical (unpaired) electrons. The first kappa shape index (κ1) is 18.7. The Balaban J connectivity index is 2.79. The molecule has 0 saturated heterocycles. The summed E-state index contributed by atoms with van der Waals surface area (Å²) >= 11 is 0. The number of rotatable bonds is 4. The van der Waals surface area contributed by atoms with E-state index in [-0.39, 0.29) is 12.0 Å². The molecule has 1 aliphatic carbocycles. The zero-order valence-corrected chi connectivity index (χ0v) is 14.7. The van der Waals surface area contributed by atoms with Crippen molar-refractivity contribution in [3.63, 3.8) is 0 Å². The minimum atomic E-state index is -0.741. The lowest BCUT2D eigenvalue weighted by molar-refractivity contribution is 0.267. The molecule has 0 aromatic rings. The molecule has 0 aromatic heterocycles. The second kappa shape index (κ2) is 8.36. The summed E-state index contributed by atoms with van der Waals surface area (Å²) in [7, 11) is 0. The van der Waals surface area contributed by atoms with Gasteiger partial charge in [-0.25, -0.2) is 0 Å². The topological polar surface area (TPSA) is 40.5 Å². The predicted octanol–water partition coefficient (Wildman–Crippen LogP) is 4.15. The largest absolute Gasteiger partial charge is 0.392 e. The maximum Gasteiger partial charge on any atom is 0.136 e. The fraction of sp³-hybridized carbons (Fsp3) is 0.600. The molecule has 0 aromatic carbocycles. The van der Waals surface area contributed by atoms with Gasteiger partial charge in [0.25, 0.3) is 0 Å². The average molecular weight is 302 g/mol. The van der Waals surface area contributed by atoms with Gasteiger partial charge in [0.2, 0.25) is 0 Å². The SMILES string of the molecule is CC1=C(C/C=C(/C)C(O)C#C/C(C)=C\CO)C(C)(C)CCC1. The molecule has 2 heteroatoms. The molecule has 2 nitrogen and oxygen atoms in total. The molecular formula is C20H30O2. The smallest absolute Gasteiger partial charge is 0.136 e. The van der Waals surface area contributed by atoms with Crippen molar-refractivity contribution in [2.75, 3.05) is 6.61 Å². The van der Waals surface area contributed by atoms with Crippen molar-refractivity contribution in [1.82, 2.24) is 0 Å². The fourth-order valence-electron chi connectivity index (χ4n) is 2.98. The third-order valence-corrected chi connectivity index (χ3v) is 4.55. The Bertz CT molecular complexity index is 536. The first-order valence-electron chi connectivity index (χ1n) is 8.11. The van der Waals surface area contributed by atoms with Crippen molar-refractivity contribution in [1.29, 1.82) is 0 Å². The lowest BCUT2D eigenvalue weighted by Crippen LogP contribution is -2.20. The Morgan fingerprint density at radius 3 is 2.59 bits per heavy atom. The maximum absolute atomic E-state index is 10.1. The highest BCUT2D eigenvalue weighted by molar-refractivity contribution is 5.32. The van der Waals surface area contributed by atoms with Crippen LogP contribution >= 0.6 is 0 Å². The normalized spacial score (nSPS) is 20.5. The van der Waals surface area contributed by atoms with E-state index < -0.39 is 6.10 Å². The van der Waals surface area contributed by atoms with Gasteiger partial charge in [-0.15, -0.1) is 0 Å². The molecule has 0 spiro atoms. The monoisotopic (exact) mass is 302 g/mol. The summed E-state index contributed by atoms with van der Waals surface area (Å²) in [6, 6.07) is 0. The number of aliphatic hydroxyl groups is 2. The van der Waals surface area contributed by atoms with Gasteiger partial charge in [-0.05, 0) is 69.1 Å². The maximum atomic E-state index is 10.1. The molecule has 0 heterocycles. The molecule has 0 saturated carbocycles. The highest BCUT2D eigenvalue weighted by Gasteiger charge is 2.27. The van der Waals surface area contributed by atoms with Crippen molar-refractivity contribution >= 4 is 0 Å². The Morgan fingerprint density at radius 1 is 1.32 bits per heavy atom. The van der Waals surface area contributed by atoms with Crippen LogP contribution in [0.3, 0.4) is 0 Å². The minimum Gasteiger partial charge on any atom is -0.392 e. The summed E-state index contributed by atoms with van der Waals surface area (Å²) in [4.78, 5) is 0. The Kier molecular flexibility index (Phi) is 7.13. The van der Waals surface area contributed by atoms with Crippen LogP contribution in [-0.2, 0) is 0 Å². The molecule has 0 fully saturated rings. The van der Waals surface area contributed by atoms with Crippen LogP contribution in [0, 0.1) is 17.3 Å². The van der Waals surface area contributed by atoms with Crippen molar-refractivity contribution in [2.45, 2.75) is 66.4 Å². The second-order valence-corrected chi connectivity index (χ2v) is 6.89. The Morgan fingerprint density at radius 2 is 2.00 bits per heavy atom. The van der Waals surface area contributed by atoms with Gasteiger partial charge in [0, 0.05) is 0 Å². The lowest BCUT2D eigenvalue weighted by atomic mass is 9.71. The second-order valence-electron chi connectivity index (χ2n) is 6.89. The van der Waals surface area contributed by atoms with E-state index in [1.54, 1.807) is 6.08 Å². The summed E-state index contributed by atoms with van der Waals surface area (Å²) in [5.41, 5.74) is 4.94. The summed E-state index contributed by atoms with van der Waals surface area (Å²) in [5.74, 6) is 5.70. The molecule has 0 bridgehead atoms. The minimum absolute atomic E-state index is 0.0199. The molecule has 122 valence electrons. The van der Waals surface area contributed by atoms with Crippen LogP contribution in [0.5, 0.6) is 0 Å². The highest BCUT2D eigenvalue weighted by atomic mass is 16.3. The first-order valence-corrected chi connectivity index (χ1v) is 8.11. The standard InChI is InChI=1S/C20H30O2/c1-15(12-14-21)8-11-19(22)17(3)9-10-18-16(2)7-6-13-20(18,4)5/h9,12,19,21-22H,6-7,10,13-14H2,1-5H3/b15-12-,17-9-. The Hall–Kier alpha value is -1.30. The van der Waals surface area contributed by atoms with Gasteiger partial charge in [0.05, 0.1) is 6.61 Å². The van der Waals surface area contributed by atoms with E-state index in [0.29, 0.717) is 0 Å². The van der Waals surface area contributed by atoms with Crippen molar-refractivity contribution < 1.29 is 10.2 Å². The van der Waals surface area contributed by atoms with Crippen molar-refractivity contribution in [3.8, 4) is 11.8 Å². The van der Waals surface area contributed by atoms with Crippen LogP contribution in [0.25, 0.3) is 0 Å². The van der Waals surface area contributed by atoms with E-state index in [1.165, 1.54) is 30.4 Å². The summed E-state index contributed by atoms with van der Waals surface area (Å²) < 4.78 is 0. The van der Waals surface area contributed by atoms with Gasteiger partial charge in [-0.2, -0.15) is 0 Å². The van der Waals surface area contributed by atoms with Crippen LogP contribution in [0.15, 0.2) is 34.4 Å². The van der Waals surface area contributed by atoms with Gasteiger partial charge in [-0.3, -0.25) is 0 Å². The Labute approximate surface area is 135 Å². The van der Waals surface area contributed by atoms with Gasteiger partial charge in [0.15, 0.2) is 0 Å². The number of hydrogen-bond acceptors (Lipinski definition) is 2. The fourth-order valence-corrected chi connectivity index (χ4v) is 2.98. The highest BCUT2D eigenvalue weighted by Crippen LogP contribution is 2.42. The molecule has 1 rings (SSSR count). The third-order valence-electron chi connectivity index (χ3n) is 4.55. The van der Waals surface area contributed by atoms with Crippen LogP contribution in [0.4, 0.5) is 0 Å². The average Bonchev–Trinajstić information content (AvgIpc) is 2.43. The van der Waals surface area contributed by atoms with E-state index in [9.17, 15) is 5.11 Å². The van der Waals surface area contributed by atoms with Gasteiger partial charge >= 0.3 is 0 Å². The van der Waals surface area contributed by atoms with E-state index >= 15 is 0 Å². The predicted molar refractivity (Wildman–Crippen MR) is 93.3 cm³/mol. The summed E-state index contributed by atoms with van der Waals surface area (Å²) in [6.07, 6.45) is 7.60. The molecule has 1 atom stereocenters. The van der Waals surface area contributed by atoms with E-state index in [1.807, 2.05) is 13.8 Å². The zero-order valence-electron chi connectivity index (χ0n) is 14.7. The van der Waals surface area contributed by atoms with Crippen LogP contribution in [0.2, 0.25) is 0 Å². The third kappa shape index (κ3) is 5.48. The first-order chi connectivity index (χ1) is 10.3. The lowest BCUT2D eigenvalue weighted by Gasteiger charge is -2.34. The van der Waals surface area contributed by atoms with Crippen molar-refractivity contribution in [2.24, 2.45) is 5.41 Å². The number of allylic oxidation sites excluding steroid dienone is 4. The van der Waals surface area contributed by atoms with Gasteiger partial charge < -0.3 is 10.2 Å². The molecule has 0 aliphatic heterocycles. The van der Waals surface area contributed by atoms with E-state index in [4.69, 9.17) is 5.11 Å². The molecule has 1 unspecified atom stereocenters. The van der Waals surface area contributed by atoms with Crippen LogP contribution in [0.1, 0.15) is 60.3 Å². The van der Waals surface area contributed by atoms with Gasteiger partial charge in [-0.1, -0.05) is 42.9 Å². The molecule has 1 aliphatic rings. The molecule has 22 heavy (non-hydrogen) atoms. The van der Waals surface area contributed by atoms with Crippen molar-refractivity contribution in [3.05, 3.63) is 34.4 Å². The van der Waals surface area contributed by atoms with E-state index in [0.717, 1.165) is 17.6 Å². The van der Waals surface area contributed by atoms with Gasteiger partial charge in [0.1, 0.15) is 6.10 Å². The zero-order chi connectivity index (χ0) is 16.8.